The number of anilines is 1. The first-order chi connectivity index (χ1) is 9.65. The van der Waals surface area contributed by atoms with Crippen molar-refractivity contribution < 1.29 is 9.90 Å². The van der Waals surface area contributed by atoms with Gasteiger partial charge in [0, 0.05) is 18.4 Å². The molecular weight excluding hydrogens is 256 g/mol. The molecule has 1 aliphatic rings. The first-order valence-corrected chi connectivity index (χ1v) is 6.95. The van der Waals surface area contributed by atoms with E-state index in [1.165, 1.54) is 0 Å². The molecule has 2 atom stereocenters. The van der Waals surface area contributed by atoms with Gasteiger partial charge in [0.1, 0.15) is 5.52 Å². The molecule has 0 aliphatic heterocycles. The van der Waals surface area contributed by atoms with Gasteiger partial charge in [0.25, 0.3) is 0 Å². The van der Waals surface area contributed by atoms with E-state index >= 15 is 0 Å². The van der Waals surface area contributed by atoms with Gasteiger partial charge in [-0.15, -0.1) is 0 Å². The van der Waals surface area contributed by atoms with E-state index in [4.69, 9.17) is 0 Å². The number of nitrogens with zero attached hydrogens (tertiary/aromatic N) is 3. The van der Waals surface area contributed by atoms with Crippen molar-refractivity contribution in [3.63, 3.8) is 0 Å². The predicted octanol–water partition coefficient (Wildman–Crippen LogP) is 2.09. The second-order valence-corrected chi connectivity index (χ2v) is 5.37. The first kappa shape index (κ1) is 12.9. The number of carboxylic acids is 1. The van der Waals surface area contributed by atoms with Gasteiger partial charge in [-0.25, -0.2) is 9.50 Å². The smallest absolute Gasteiger partial charge is 0.308 e. The van der Waals surface area contributed by atoms with Crippen LogP contribution in [0.25, 0.3) is 5.52 Å². The Kier molecular flexibility index (Phi) is 3.30. The lowest BCUT2D eigenvalue weighted by Crippen LogP contribution is -2.37. The van der Waals surface area contributed by atoms with Crippen LogP contribution in [-0.2, 0) is 4.79 Å². The Balaban J connectivity index is 1.89. The van der Waals surface area contributed by atoms with Crippen LogP contribution >= 0.6 is 0 Å². The highest BCUT2D eigenvalue weighted by Gasteiger charge is 2.31. The standard InChI is InChI=1S/C14H18N4O2/c1-9-8-12-13(15-6-7-18(12)17-9)16-11-5-3-2-4-10(11)14(19)20/h6-8,10-11H,2-5H2,1H3,(H,15,16)(H,19,20). The minimum Gasteiger partial charge on any atom is -0.481 e. The molecule has 0 amide bonds. The second kappa shape index (κ2) is 5.11. The van der Waals surface area contributed by atoms with Gasteiger partial charge < -0.3 is 10.4 Å². The van der Waals surface area contributed by atoms with Crippen LogP contribution in [0.2, 0.25) is 0 Å². The van der Waals surface area contributed by atoms with Gasteiger partial charge >= 0.3 is 5.97 Å². The summed E-state index contributed by atoms with van der Waals surface area (Å²) in [5, 5.41) is 17.0. The zero-order valence-electron chi connectivity index (χ0n) is 11.4. The summed E-state index contributed by atoms with van der Waals surface area (Å²) in [6.07, 6.45) is 7.12. The number of aryl methyl sites for hydroxylation is 1. The fourth-order valence-corrected chi connectivity index (χ4v) is 2.93. The SMILES string of the molecule is Cc1cc2c(NC3CCCCC3C(=O)O)nccn2n1. The summed E-state index contributed by atoms with van der Waals surface area (Å²) >= 11 is 0. The Morgan fingerprint density at radius 1 is 1.45 bits per heavy atom. The minimum atomic E-state index is -0.723. The molecule has 3 rings (SSSR count). The van der Waals surface area contributed by atoms with Crippen molar-refractivity contribution in [2.24, 2.45) is 5.92 Å². The van der Waals surface area contributed by atoms with Crippen LogP contribution in [-0.4, -0.2) is 31.7 Å². The highest BCUT2D eigenvalue weighted by atomic mass is 16.4. The molecule has 20 heavy (non-hydrogen) atoms. The zero-order chi connectivity index (χ0) is 14.1. The summed E-state index contributed by atoms with van der Waals surface area (Å²) in [6.45, 7) is 1.93. The van der Waals surface area contributed by atoms with Crippen LogP contribution in [0.15, 0.2) is 18.5 Å². The van der Waals surface area contributed by atoms with Gasteiger partial charge in [-0.3, -0.25) is 4.79 Å². The number of carboxylic acid groups (broad SMARTS) is 1. The Bertz CT molecular complexity index is 637. The average Bonchev–Trinajstić information content (AvgIpc) is 2.80. The number of nitrogens with one attached hydrogen (secondary N) is 1. The Morgan fingerprint density at radius 3 is 3.05 bits per heavy atom. The number of hydrogen-bond donors (Lipinski definition) is 2. The van der Waals surface area contributed by atoms with E-state index in [1.54, 1.807) is 16.9 Å². The van der Waals surface area contributed by atoms with Gasteiger partial charge in [-0.05, 0) is 25.8 Å². The highest BCUT2D eigenvalue weighted by molar-refractivity contribution is 5.73. The van der Waals surface area contributed by atoms with Crippen LogP contribution in [0, 0.1) is 12.8 Å². The molecule has 1 aliphatic carbocycles. The quantitative estimate of drug-likeness (QED) is 0.896. The summed E-state index contributed by atoms with van der Waals surface area (Å²) in [6, 6.07) is 1.89. The van der Waals surface area contributed by atoms with Gasteiger partial charge in [0.15, 0.2) is 5.82 Å². The molecule has 0 radical (unpaired) electrons. The van der Waals surface area contributed by atoms with Crippen molar-refractivity contribution in [3.8, 4) is 0 Å². The topological polar surface area (TPSA) is 79.5 Å². The second-order valence-electron chi connectivity index (χ2n) is 5.37. The molecule has 2 N–H and O–H groups in total. The van der Waals surface area contributed by atoms with Crippen LogP contribution in [0.5, 0.6) is 0 Å². The molecule has 106 valence electrons. The van der Waals surface area contributed by atoms with Gasteiger partial charge in [-0.2, -0.15) is 5.10 Å². The summed E-state index contributed by atoms with van der Waals surface area (Å²) in [5.74, 6) is -0.347. The van der Waals surface area contributed by atoms with Crippen molar-refractivity contribution in [2.75, 3.05) is 5.32 Å². The lowest BCUT2D eigenvalue weighted by Gasteiger charge is -2.29. The van der Waals surface area contributed by atoms with E-state index in [0.29, 0.717) is 5.82 Å². The Labute approximate surface area is 116 Å². The molecule has 6 heteroatoms. The maximum Gasteiger partial charge on any atom is 0.308 e. The fraction of sp³-hybridized carbons (Fsp3) is 0.500. The third-order valence-corrected chi connectivity index (χ3v) is 3.92. The van der Waals surface area contributed by atoms with E-state index in [1.807, 2.05) is 13.0 Å². The van der Waals surface area contributed by atoms with Crippen LogP contribution < -0.4 is 5.32 Å². The van der Waals surface area contributed by atoms with E-state index in [0.717, 1.165) is 36.9 Å². The van der Waals surface area contributed by atoms with Crippen molar-refractivity contribution in [1.82, 2.24) is 14.6 Å². The van der Waals surface area contributed by atoms with Gasteiger partial charge in [-0.1, -0.05) is 12.8 Å². The lowest BCUT2D eigenvalue weighted by atomic mass is 9.84. The molecule has 0 spiro atoms. The third kappa shape index (κ3) is 2.33. The molecule has 0 saturated heterocycles. The third-order valence-electron chi connectivity index (χ3n) is 3.92. The molecule has 0 bridgehead atoms. The number of rotatable bonds is 3. The first-order valence-electron chi connectivity index (χ1n) is 6.95. The van der Waals surface area contributed by atoms with Crippen molar-refractivity contribution in [2.45, 2.75) is 38.6 Å². The number of aromatic nitrogens is 3. The minimum absolute atomic E-state index is 0.0600. The van der Waals surface area contributed by atoms with E-state index in [2.05, 4.69) is 15.4 Å². The highest BCUT2D eigenvalue weighted by Crippen LogP contribution is 2.28. The molecule has 2 aromatic rings. The molecule has 2 unspecified atom stereocenters. The monoisotopic (exact) mass is 274 g/mol. The molecule has 1 fully saturated rings. The molecule has 2 aromatic heterocycles. The van der Waals surface area contributed by atoms with E-state index < -0.39 is 5.97 Å². The number of carbonyl (C=O) groups is 1. The summed E-state index contributed by atoms with van der Waals surface area (Å²) in [7, 11) is 0. The zero-order valence-corrected chi connectivity index (χ0v) is 11.4. The van der Waals surface area contributed by atoms with E-state index in [-0.39, 0.29) is 12.0 Å². The Hall–Kier alpha value is -2.11. The normalized spacial score (nSPS) is 22.9. The van der Waals surface area contributed by atoms with Gasteiger partial charge in [0.2, 0.25) is 0 Å². The molecule has 6 nitrogen and oxygen atoms in total. The van der Waals surface area contributed by atoms with Crippen LogP contribution in [0.4, 0.5) is 5.82 Å². The molecule has 2 heterocycles. The van der Waals surface area contributed by atoms with Gasteiger partial charge in [0.05, 0.1) is 11.6 Å². The number of fused-ring (bicyclic) bond motifs is 1. The van der Waals surface area contributed by atoms with Crippen LogP contribution in [0.1, 0.15) is 31.4 Å². The maximum atomic E-state index is 11.3. The fourth-order valence-electron chi connectivity index (χ4n) is 2.93. The summed E-state index contributed by atoms with van der Waals surface area (Å²) < 4.78 is 1.77. The summed E-state index contributed by atoms with van der Waals surface area (Å²) in [5.41, 5.74) is 1.80. The number of aliphatic carboxylic acids is 1. The molecular formula is C14H18N4O2. The van der Waals surface area contributed by atoms with Crippen molar-refractivity contribution >= 4 is 17.3 Å². The predicted molar refractivity (Wildman–Crippen MR) is 74.7 cm³/mol. The average molecular weight is 274 g/mol. The summed E-state index contributed by atoms with van der Waals surface area (Å²) in [4.78, 5) is 15.7. The van der Waals surface area contributed by atoms with Crippen molar-refractivity contribution in [3.05, 3.63) is 24.2 Å². The van der Waals surface area contributed by atoms with Crippen LogP contribution in [0.3, 0.4) is 0 Å². The number of hydrogen-bond acceptors (Lipinski definition) is 4. The largest absolute Gasteiger partial charge is 0.481 e. The maximum absolute atomic E-state index is 11.3. The van der Waals surface area contributed by atoms with Crippen molar-refractivity contribution in [1.29, 1.82) is 0 Å². The van der Waals surface area contributed by atoms with E-state index in [9.17, 15) is 9.90 Å². The molecule has 1 saturated carbocycles. The Morgan fingerprint density at radius 2 is 2.25 bits per heavy atom. The molecule has 0 aromatic carbocycles. The lowest BCUT2D eigenvalue weighted by molar-refractivity contribution is -0.143.